The molecule has 0 aliphatic heterocycles. The number of hydrogen-bond acceptors (Lipinski definition) is 4. The normalized spacial score (nSPS) is 11.4. The van der Waals surface area contributed by atoms with Crippen molar-refractivity contribution in [3.63, 3.8) is 0 Å². The van der Waals surface area contributed by atoms with Crippen molar-refractivity contribution in [3.8, 4) is 57.0 Å². The first-order chi connectivity index (χ1) is 31.7. The van der Waals surface area contributed by atoms with Gasteiger partial charge in [0.15, 0.2) is 0 Å². The Balaban J connectivity index is 1.19. The molecule has 9 aromatic carbocycles. The van der Waals surface area contributed by atoms with E-state index in [1.165, 1.54) is 17.6 Å². The van der Waals surface area contributed by atoms with E-state index in [4.69, 9.17) is 15.0 Å². The third-order valence-corrected chi connectivity index (χ3v) is 22.2. The Kier molecular flexibility index (Phi) is 10.0. The van der Waals surface area contributed by atoms with Gasteiger partial charge in [0.1, 0.15) is 0 Å². The van der Waals surface area contributed by atoms with Gasteiger partial charge in [-0.15, -0.1) is 0 Å². The van der Waals surface area contributed by atoms with Crippen molar-refractivity contribution in [1.29, 1.82) is 5.26 Å². The third-order valence-electron chi connectivity index (χ3n) is 12.2. The SMILES string of the molecule is N#Cc1ccc2c(c1)c1ccccc1n2-c1ccc(-c2ccc[c]([Ge]([c]3ccccc3)([c]3ccccc3)[c]3ccccc3)c2)cc1-c1nc(-c2ccccc2)nc(-c2ccccc2)n1. The average molecular weight is 879 g/mol. The van der Waals surface area contributed by atoms with E-state index in [9.17, 15) is 5.26 Å². The molecule has 2 aromatic heterocycles. The predicted octanol–water partition coefficient (Wildman–Crippen LogP) is 10.9. The summed E-state index contributed by atoms with van der Waals surface area (Å²) in [5.41, 5.74) is 8.36. The molecule has 11 rings (SSSR count). The second-order valence-electron chi connectivity index (χ2n) is 15.9. The van der Waals surface area contributed by atoms with E-state index in [2.05, 4.69) is 174 Å². The molecule has 0 amide bonds. The second-order valence-corrected chi connectivity index (χ2v) is 23.9. The zero-order valence-electron chi connectivity index (χ0n) is 34.8. The fraction of sp³-hybridized carbons (Fsp3) is 0. The summed E-state index contributed by atoms with van der Waals surface area (Å²) in [7, 11) is 0. The van der Waals surface area contributed by atoms with E-state index in [0.29, 0.717) is 23.0 Å². The molecular formula is C58H39GeN5. The molecule has 11 aromatic rings. The first-order valence-corrected chi connectivity index (χ1v) is 25.6. The summed E-state index contributed by atoms with van der Waals surface area (Å²) in [6.07, 6.45) is 0. The van der Waals surface area contributed by atoms with Crippen LogP contribution in [0.4, 0.5) is 0 Å². The molecule has 5 nitrogen and oxygen atoms in total. The van der Waals surface area contributed by atoms with Crippen molar-refractivity contribution in [2.24, 2.45) is 0 Å². The summed E-state index contributed by atoms with van der Waals surface area (Å²) >= 11 is -3.59. The average Bonchev–Trinajstić information content (AvgIpc) is 3.71. The van der Waals surface area contributed by atoms with Gasteiger partial charge in [0, 0.05) is 0 Å². The maximum absolute atomic E-state index is 9.95. The summed E-state index contributed by atoms with van der Waals surface area (Å²) in [6, 6.07) is 86.1. The minimum absolute atomic E-state index is 0.560. The van der Waals surface area contributed by atoms with Crippen molar-refractivity contribution in [2.45, 2.75) is 0 Å². The van der Waals surface area contributed by atoms with Crippen LogP contribution in [0.1, 0.15) is 5.56 Å². The van der Waals surface area contributed by atoms with Gasteiger partial charge in [0.2, 0.25) is 0 Å². The van der Waals surface area contributed by atoms with Gasteiger partial charge in [0.05, 0.1) is 6.07 Å². The van der Waals surface area contributed by atoms with Crippen molar-refractivity contribution >= 4 is 52.7 Å². The van der Waals surface area contributed by atoms with Crippen molar-refractivity contribution in [1.82, 2.24) is 19.5 Å². The van der Waals surface area contributed by atoms with Crippen LogP contribution >= 0.6 is 0 Å². The van der Waals surface area contributed by atoms with Crippen LogP contribution in [0.15, 0.2) is 237 Å². The van der Waals surface area contributed by atoms with E-state index < -0.39 is 13.3 Å². The van der Waals surface area contributed by atoms with Gasteiger partial charge in [-0.05, 0) is 0 Å². The van der Waals surface area contributed by atoms with Crippen LogP contribution < -0.4 is 17.6 Å². The number of fused-ring (bicyclic) bond motifs is 3. The zero-order valence-corrected chi connectivity index (χ0v) is 36.9. The monoisotopic (exact) mass is 879 g/mol. The van der Waals surface area contributed by atoms with Crippen LogP contribution in [0.5, 0.6) is 0 Å². The van der Waals surface area contributed by atoms with Crippen LogP contribution in [-0.2, 0) is 0 Å². The Bertz CT molecular complexity index is 3340. The number of hydrogen-bond donors (Lipinski definition) is 0. The van der Waals surface area contributed by atoms with Crippen LogP contribution in [-0.4, -0.2) is 32.8 Å². The summed E-state index contributed by atoms with van der Waals surface area (Å²) in [6.45, 7) is 0. The molecule has 0 radical (unpaired) electrons. The van der Waals surface area contributed by atoms with Crippen LogP contribution in [0.25, 0.3) is 72.8 Å². The van der Waals surface area contributed by atoms with Gasteiger partial charge < -0.3 is 0 Å². The molecule has 64 heavy (non-hydrogen) atoms. The summed E-state index contributed by atoms with van der Waals surface area (Å²) in [5, 5.41) is 12.0. The number of benzene rings is 9. The van der Waals surface area contributed by atoms with Crippen LogP contribution in [0.2, 0.25) is 0 Å². The number of aromatic nitrogens is 4. The van der Waals surface area contributed by atoms with E-state index in [1.54, 1.807) is 0 Å². The first kappa shape index (κ1) is 38.7. The maximum atomic E-state index is 9.95. The molecule has 300 valence electrons. The van der Waals surface area contributed by atoms with E-state index >= 15 is 0 Å². The molecule has 6 heteroatoms. The molecule has 0 saturated heterocycles. The van der Waals surface area contributed by atoms with Gasteiger partial charge in [-0.25, -0.2) is 0 Å². The Hall–Kier alpha value is -8.18. The molecular weight excluding hydrogens is 839 g/mol. The topological polar surface area (TPSA) is 67.4 Å². The van der Waals surface area contributed by atoms with Crippen LogP contribution in [0.3, 0.4) is 0 Å². The number of para-hydroxylation sites is 1. The Morgan fingerprint density at radius 3 is 1.41 bits per heavy atom. The molecule has 0 N–H and O–H groups in total. The molecule has 0 aliphatic carbocycles. The predicted molar refractivity (Wildman–Crippen MR) is 264 cm³/mol. The summed E-state index contributed by atoms with van der Waals surface area (Å²) in [4.78, 5) is 15.7. The molecule has 2 heterocycles. The van der Waals surface area contributed by atoms with Gasteiger partial charge in [-0.1, -0.05) is 12.1 Å². The molecule has 0 atom stereocenters. The van der Waals surface area contributed by atoms with E-state index in [0.717, 1.165) is 55.3 Å². The van der Waals surface area contributed by atoms with Gasteiger partial charge in [-0.2, -0.15) is 5.26 Å². The number of nitrogens with zero attached hydrogens (tertiary/aromatic N) is 5. The zero-order chi connectivity index (χ0) is 42.9. The number of rotatable bonds is 9. The molecule has 0 unspecified atom stereocenters. The molecule has 0 spiro atoms. The van der Waals surface area contributed by atoms with E-state index in [-0.39, 0.29) is 0 Å². The van der Waals surface area contributed by atoms with Crippen molar-refractivity contribution < 1.29 is 0 Å². The quantitative estimate of drug-likeness (QED) is 0.136. The van der Waals surface area contributed by atoms with Crippen molar-refractivity contribution in [3.05, 3.63) is 242 Å². The first-order valence-electron chi connectivity index (χ1n) is 21.4. The van der Waals surface area contributed by atoms with E-state index in [1.807, 2.05) is 72.8 Å². The third kappa shape index (κ3) is 6.78. The molecule has 0 bridgehead atoms. The number of nitriles is 1. The van der Waals surface area contributed by atoms with Gasteiger partial charge in [-0.3, -0.25) is 0 Å². The molecule has 0 saturated carbocycles. The van der Waals surface area contributed by atoms with Crippen LogP contribution in [0, 0.1) is 11.3 Å². The summed E-state index contributed by atoms with van der Waals surface area (Å²) < 4.78 is 7.72. The standard InChI is InChI=1S/C58H39GeN5/c60-40-41-33-35-54-51(37-41)50-31-16-17-32-53(50)64(54)55-36-34-45(39-52(55)58-62-56(42-19-6-1-7-20-42)61-57(63-58)43-21-8-2-9-22-43)44-23-18-30-49(38-44)59(46-24-10-3-11-25-46,47-26-12-4-13-27-47)48-28-14-5-15-29-48/h1-39H. The Morgan fingerprint density at radius 1 is 0.359 bits per heavy atom. The van der Waals surface area contributed by atoms with Gasteiger partial charge >= 0.3 is 353 Å². The summed E-state index contributed by atoms with van der Waals surface area (Å²) in [5.74, 6) is 1.75. The van der Waals surface area contributed by atoms with Gasteiger partial charge in [0.25, 0.3) is 0 Å². The molecule has 0 aliphatic rings. The second kappa shape index (κ2) is 16.6. The fourth-order valence-corrected chi connectivity index (χ4v) is 19.4. The Labute approximate surface area is 374 Å². The van der Waals surface area contributed by atoms with Crippen molar-refractivity contribution in [2.75, 3.05) is 0 Å². The fourth-order valence-electron chi connectivity index (χ4n) is 9.32. The minimum atomic E-state index is -3.59. The molecule has 0 fully saturated rings. The Morgan fingerprint density at radius 2 is 0.828 bits per heavy atom.